The highest BCUT2D eigenvalue weighted by atomic mass is 35.5. The van der Waals surface area contributed by atoms with E-state index in [1.54, 1.807) is 18.2 Å². The first-order valence-electron chi connectivity index (χ1n) is 5.52. The van der Waals surface area contributed by atoms with E-state index in [1.165, 1.54) is 0 Å². The van der Waals surface area contributed by atoms with Crippen molar-refractivity contribution in [3.8, 4) is 0 Å². The average molecular weight is 284 g/mol. The quantitative estimate of drug-likeness (QED) is 0.624. The second-order valence-corrected chi connectivity index (χ2v) is 4.37. The maximum absolute atomic E-state index is 11.6. The van der Waals surface area contributed by atoms with E-state index in [9.17, 15) is 14.4 Å². The zero-order chi connectivity index (χ0) is 14.4. The summed E-state index contributed by atoms with van der Waals surface area (Å²) in [6.07, 6.45) is 0.522. The minimum atomic E-state index is -1.48. The van der Waals surface area contributed by atoms with E-state index in [2.05, 4.69) is 5.32 Å². The summed E-state index contributed by atoms with van der Waals surface area (Å²) in [5, 5.41) is 2.75. The SMILES string of the molecule is NC(=O)C(NC(=O)CCc1cccc(Cl)c1)C(N)=O. The Kier molecular flexibility index (Phi) is 5.32. The molecule has 1 rings (SSSR count). The first-order valence-corrected chi connectivity index (χ1v) is 5.90. The van der Waals surface area contributed by atoms with Crippen LogP contribution in [0.25, 0.3) is 0 Å². The van der Waals surface area contributed by atoms with Gasteiger partial charge in [0, 0.05) is 11.4 Å². The number of aryl methyl sites for hydroxylation is 1. The number of carbonyl (C=O) groups is 3. The highest BCUT2D eigenvalue weighted by molar-refractivity contribution is 6.30. The number of halogens is 1. The van der Waals surface area contributed by atoms with Crippen molar-refractivity contribution < 1.29 is 14.4 Å². The average Bonchev–Trinajstić information content (AvgIpc) is 2.32. The second kappa shape index (κ2) is 6.75. The zero-order valence-electron chi connectivity index (χ0n) is 10.1. The van der Waals surface area contributed by atoms with Crippen LogP contribution in [0.5, 0.6) is 0 Å². The van der Waals surface area contributed by atoms with Crippen LogP contribution in [0.3, 0.4) is 0 Å². The van der Waals surface area contributed by atoms with Gasteiger partial charge in [0.25, 0.3) is 0 Å². The Balaban J connectivity index is 2.52. The summed E-state index contributed by atoms with van der Waals surface area (Å²) >= 11 is 5.80. The van der Waals surface area contributed by atoms with Crippen molar-refractivity contribution in [3.05, 3.63) is 34.9 Å². The van der Waals surface area contributed by atoms with Crippen molar-refractivity contribution >= 4 is 29.3 Å². The first-order chi connectivity index (χ1) is 8.90. The topological polar surface area (TPSA) is 115 Å². The number of carbonyl (C=O) groups excluding carboxylic acids is 3. The van der Waals surface area contributed by atoms with E-state index in [4.69, 9.17) is 23.1 Å². The molecule has 0 radical (unpaired) electrons. The molecule has 0 saturated heterocycles. The Hall–Kier alpha value is -2.08. The lowest BCUT2D eigenvalue weighted by Gasteiger charge is -2.11. The lowest BCUT2D eigenvalue weighted by molar-refractivity contribution is -0.133. The van der Waals surface area contributed by atoms with Gasteiger partial charge in [-0.3, -0.25) is 14.4 Å². The number of amides is 3. The van der Waals surface area contributed by atoms with Crippen LogP contribution in [0.1, 0.15) is 12.0 Å². The second-order valence-electron chi connectivity index (χ2n) is 3.94. The molecule has 102 valence electrons. The maximum atomic E-state index is 11.6. The van der Waals surface area contributed by atoms with Gasteiger partial charge in [0.05, 0.1) is 0 Å². The van der Waals surface area contributed by atoms with Crippen molar-refractivity contribution in [2.24, 2.45) is 11.5 Å². The third-order valence-electron chi connectivity index (χ3n) is 2.40. The van der Waals surface area contributed by atoms with Gasteiger partial charge in [0.15, 0.2) is 6.04 Å². The Morgan fingerprint density at radius 1 is 1.21 bits per heavy atom. The van der Waals surface area contributed by atoms with E-state index >= 15 is 0 Å². The zero-order valence-corrected chi connectivity index (χ0v) is 10.8. The monoisotopic (exact) mass is 283 g/mol. The van der Waals surface area contributed by atoms with Crippen molar-refractivity contribution in [1.29, 1.82) is 0 Å². The third kappa shape index (κ3) is 4.97. The number of primary amides is 2. The Labute approximate surface area is 115 Å². The summed E-state index contributed by atoms with van der Waals surface area (Å²) in [7, 11) is 0. The van der Waals surface area contributed by atoms with Gasteiger partial charge >= 0.3 is 0 Å². The summed E-state index contributed by atoms with van der Waals surface area (Å²) in [5.74, 6) is -2.45. The maximum Gasteiger partial charge on any atom is 0.249 e. The van der Waals surface area contributed by atoms with Crippen LogP contribution in [0.15, 0.2) is 24.3 Å². The van der Waals surface area contributed by atoms with Crippen LogP contribution in [0.4, 0.5) is 0 Å². The fourth-order valence-corrected chi connectivity index (χ4v) is 1.68. The molecule has 1 aromatic rings. The van der Waals surface area contributed by atoms with Gasteiger partial charge in [-0.2, -0.15) is 0 Å². The van der Waals surface area contributed by atoms with E-state index in [1.807, 2.05) is 6.07 Å². The summed E-state index contributed by atoms with van der Waals surface area (Å²) in [6.45, 7) is 0. The largest absolute Gasteiger partial charge is 0.367 e. The lowest BCUT2D eigenvalue weighted by atomic mass is 10.1. The molecule has 0 saturated carbocycles. The molecule has 5 N–H and O–H groups in total. The molecule has 1 aromatic carbocycles. The van der Waals surface area contributed by atoms with Crippen molar-refractivity contribution in [3.63, 3.8) is 0 Å². The Bertz CT molecular complexity index is 491. The van der Waals surface area contributed by atoms with Crippen LogP contribution >= 0.6 is 11.6 Å². The molecule has 0 heterocycles. The molecule has 7 heteroatoms. The van der Waals surface area contributed by atoms with E-state index in [0.29, 0.717) is 11.4 Å². The molecule has 0 fully saturated rings. The van der Waals surface area contributed by atoms with Crippen molar-refractivity contribution in [1.82, 2.24) is 5.32 Å². The number of hydrogen-bond acceptors (Lipinski definition) is 3. The lowest BCUT2D eigenvalue weighted by Crippen LogP contribution is -2.52. The molecule has 0 aliphatic heterocycles. The van der Waals surface area contributed by atoms with Crippen LogP contribution in [0, 0.1) is 0 Å². The molecule has 0 bridgehead atoms. The normalized spacial score (nSPS) is 10.2. The molecule has 0 unspecified atom stereocenters. The van der Waals surface area contributed by atoms with Gasteiger partial charge in [-0.15, -0.1) is 0 Å². The molecule has 19 heavy (non-hydrogen) atoms. The summed E-state index contributed by atoms with van der Waals surface area (Å²) < 4.78 is 0. The van der Waals surface area contributed by atoms with Crippen molar-refractivity contribution in [2.75, 3.05) is 0 Å². The smallest absolute Gasteiger partial charge is 0.249 e. The fraction of sp³-hybridized carbons (Fsp3) is 0.250. The van der Waals surface area contributed by atoms with E-state index < -0.39 is 23.8 Å². The van der Waals surface area contributed by atoms with Gasteiger partial charge in [-0.25, -0.2) is 0 Å². The minimum absolute atomic E-state index is 0.0946. The van der Waals surface area contributed by atoms with Crippen LogP contribution in [-0.4, -0.2) is 23.8 Å². The number of nitrogens with one attached hydrogen (secondary N) is 1. The summed E-state index contributed by atoms with van der Waals surface area (Å²) in [6, 6.07) is 5.56. The minimum Gasteiger partial charge on any atom is -0.367 e. The van der Waals surface area contributed by atoms with Gasteiger partial charge < -0.3 is 16.8 Å². The van der Waals surface area contributed by atoms with Gasteiger partial charge in [-0.05, 0) is 24.1 Å². The predicted octanol–water partition coefficient (Wildman–Crippen LogP) is -0.272. The number of hydrogen-bond donors (Lipinski definition) is 3. The molecule has 0 aliphatic rings. The number of nitrogens with two attached hydrogens (primary N) is 2. The molecular weight excluding hydrogens is 270 g/mol. The molecule has 0 aromatic heterocycles. The Morgan fingerprint density at radius 2 is 1.84 bits per heavy atom. The van der Waals surface area contributed by atoms with Crippen LogP contribution in [-0.2, 0) is 20.8 Å². The fourth-order valence-electron chi connectivity index (χ4n) is 1.47. The highest BCUT2D eigenvalue weighted by Crippen LogP contribution is 2.12. The molecule has 0 aliphatic carbocycles. The van der Waals surface area contributed by atoms with Gasteiger partial charge in [0.1, 0.15) is 0 Å². The summed E-state index contributed by atoms with van der Waals surface area (Å²) in [5.41, 5.74) is 10.8. The number of rotatable bonds is 6. The third-order valence-corrected chi connectivity index (χ3v) is 2.64. The van der Waals surface area contributed by atoms with E-state index in [0.717, 1.165) is 5.56 Å². The summed E-state index contributed by atoms with van der Waals surface area (Å²) in [4.78, 5) is 33.3. The standard InChI is InChI=1S/C12H14ClN3O3/c13-8-3-1-2-7(6-8)4-5-9(17)16-10(11(14)18)12(15)19/h1-3,6,10H,4-5H2,(H2,14,18)(H2,15,19)(H,16,17). The van der Waals surface area contributed by atoms with Gasteiger partial charge in [-0.1, -0.05) is 23.7 Å². The number of benzene rings is 1. The predicted molar refractivity (Wildman–Crippen MR) is 70.1 cm³/mol. The molecule has 0 atom stereocenters. The highest BCUT2D eigenvalue weighted by Gasteiger charge is 2.23. The molecular formula is C12H14ClN3O3. The van der Waals surface area contributed by atoms with Crippen molar-refractivity contribution in [2.45, 2.75) is 18.9 Å². The molecule has 3 amide bonds. The Morgan fingerprint density at radius 3 is 2.37 bits per heavy atom. The van der Waals surface area contributed by atoms with Crippen LogP contribution < -0.4 is 16.8 Å². The van der Waals surface area contributed by atoms with Crippen LogP contribution in [0.2, 0.25) is 5.02 Å². The molecule has 6 nitrogen and oxygen atoms in total. The van der Waals surface area contributed by atoms with E-state index in [-0.39, 0.29) is 6.42 Å². The molecule has 0 spiro atoms. The van der Waals surface area contributed by atoms with Gasteiger partial charge in [0.2, 0.25) is 17.7 Å². The first kappa shape index (κ1) is 15.0.